The van der Waals surface area contributed by atoms with Crippen molar-refractivity contribution in [3.63, 3.8) is 0 Å². The predicted octanol–water partition coefficient (Wildman–Crippen LogP) is 1.78. The summed E-state index contributed by atoms with van der Waals surface area (Å²) in [5.41, 5.74) is -0.288. The third kappa shape index (κ3) is 3.88. The maximum absolute atomic E-state index is 9.61. The van der Waals surface area contributed by atoms with E-state index in [2.05, 4.69) is 33.3 Å². The molecule has 4 nitrogen and oxygen atoms in total. The van der Waals surface area contributed by atoms with Crippen molar-refractivity contribution in [2.75, 3.05) is 0 Å². The zero-order valence-corrected chi connectivity index (χ0v) is 11.8. The van der Waals surface area contributed by atoms with E-state index in [0.717, 1.165) is 11.0 Å². The van der Waals surface area contributed by atoms with Gasteiger partial charge in [-0.25, -0.2) is 0 Å². The van der Waals surface area contributed by atoms with Gasteiger partial charge in [0.05, 0.1) is 23.3 Å². The van der Waals surface area contributed by atoms with Gasteiger partial charge in [-0.2, -0.15) is 5.10 Å². The highest BCUT2D eigenvalue weighted by Crippen LogP contribution is 2.11. The third-order valence-electron chi connectivity index (χ3n) is 2.73. The zero-order valence-electron chi connectivity index (χ0n) is 10.2. The second-order valence-corrected chi connectivity index (χ2v) is 5.74. The maximum atomic E-state index is 9.61. The van der Waals surface area contributed by atoms with Gasteiger partial charge < -0.3 is 10.4 Å². The molecule has 0 saturated heterocycles. The first kappa shape index (κ1) is 13.7. The molecular weight excluding hydrogens is 270 g/mol. The molecule has 2 atom stereocenters. The molecular formula is C11H20BrN3O. The minimum absolute atomic E-state index is 0.247. The first-order valence-corrected chi connectivity index (χ1v) is 6.24. The SMILES string of the molecule is CC(Cn1cc(Br)cn1)NC(C)(C)C(C)O. The summed E-state index contributed by atoms with van der Waals surface area (Å²) in [6, 6.07) is 0.247. The van der Waals surface area contributed by atoms with Crippen LogP contribution in [0.2, 0.25) is 0 Å². The Morgan fingerprint density at radius 3 is 2.62 bits per heavy atom. The predicted molar refractivity (Wildman–Crippen MR) is 68.3 cm³/mol. The van der Waals surface area contributed by atoms with Gasteiger partial charge in [-0.05, 0) is 43.6 Å². The molecule has 1 aromatic heterocycles. The summed E-state index contributed by atoms with van der Waals surface area (Å²) in [5, 5.41) is 17.2. The quantitative estimate of drug-likeness (QED) is 0.869. The van der Waals surface area contributed by atoms with Crippen molar-refractivity contribution in [2.45, 2.75) is 51.9 Å². The van der Waals surface area contributed by atoms with E-state index < -0.39 is 0 Å². The van der Waals surface area contributed by atoms with Gasteiger partial charge in [0.25, 0.3) is 0 Å². The van der Waals surface area contributed by atoms with Crippen molar-refractivity contribution in [2.24, 2.45) is 0 Å². The van der Waals surface area contributed by atoms with Crippen molar-refractivity contribution < 1.29 is 5.11 Å². The largest absolute Gasteiger partial charge is 0.392 e. The summed E-state index contributed by atoms with van der Waals surface area (Å²) in [7, 11) is 0. The molecule has 2 N–H and O–H groups in total. The third-order valence-corrected chi connectivity index (χ3v) is 3.14. The van der Waals surface area contributed by atoms with Crippen LogP contribution in [0.1, 0.15) is 27.7 Å². The van der Waals surface area contributed by atoms with E-state index in [1.54, 1.807) is 13.1 Å². The fourth-order valence-electron chi connectivity index (χ4n) is 1.52. The van der Waals surface area contributed by atoms with Crippen LogP contribution in [0.5, 0.6) is 0 Å². The average Bonchev–Trinajstić information content (AvgIpc) is 2.49. The summed E-state index contributed by atoms with van der Waals surface area (Å²) in [6.07, 6.45) is 3.32. The molecule has 5 heteroatoms. The number of aromatic nitrogens is 2. The lowest BCUT2D eigenvalue weighted by molar-refractivity contribution is 0.0873. The van der Waals surface area contributed by atoms with Crippen LogP contribution in [0, 0.1) is 0 Å². The number of nitrogens with zero attached hydrogens (tertiary/aromatic N) is 2. The molecule has 0 radical (unpaired) electrons. The Kier molecular flexibility index (Phi) is 4.52. The molecule has 0 aliphatic rings. The first-order chi connectivity index (χ1) is 7.31. The summed E-state index contributed by atoms with van der Waals surface area (Å²) in [6.45, 7) is 8.64. The molecule has 0 amide bonds. The molecule has 0 fully saturated rings. The molecule has 1 aromatic rings. The Morgan fingerprint density at radius 2 is 2.19 bits per heavy atom. The van der Waals surface area contributed by atoms with Crippen molar-refractivity contribution in [3.05, 3.63) is 16.9 Å². The van der Waals surface area contributed by atoms with Gasteiger partial charge in [0.15, 0.2) is 0 Å². The summed E-state index contributed by atoms with van der Waals surface area (Å²) in [4.78, 5) is 0. The van der Waals surface area contributed by atoms with Gasteiger partial charge in [0.2, 0.25) is 0 Å². The van der Waals surface area contributed by atoms with Crippen molar-refractivity contribution >= 4 is 15.9 Å². The number of rotatable bonds is 5. The molecule has 0 saturated carbocycles. The minimum atomic E-state index is -0.390. The highest BCUT2D eigenvalue weighted by atomic mass is 79.9. The lowest BCUT2D eigenvalue weighted by Crippen LogP contribution is -2.52. The molecule has 1 heterocycles. The van der Waals surface area contributed by atoms with Crippen LogP contribution >= 0.6 is 15.9 Å². The lowest BCUT2D eigenvalue weighted by atomic mass is 9.97. The number of nitrogens with one attached hydrogen (secondary N) is 1. The van der Waals surface area contributed by atoms with E-state index in [9.17, 15) is 5.11 Å². The molecule has 92 valence electrons. The molecule has 0 bridgehead atoms. The van der Waals surface area contributed by atoms with Crippen LogP contribution in [0.25, 0.3) is 0 Å². The number of hydrogen-bond donors (Lipinski definition) is 2. The second kappa shape index (κ2) is 5.29. The Labute approximate surface area is 105 Å². The molecule has 0 aliphatic heterocycles. The smallest absolute Gasteiger partial charge is 0.0688 e. The molecule has 2 unspecified atom stereocenters. The maximum Gasteiger partial charge on any atom is 0.0688 e. The zero-order chi connectivity index (χ0) is 12.3. The van der Waals surface area contributed by atoms with E-state index in [-0.39, 0.29) is 17.7 Å². The lowest BCUT2D eigenvalue weighted by Gasteiger charge is -2.32. The highest BCUT2D eigenvalue weighted by molar-refractivity contribution is 9.10. The van der Waals surface area contributed by atoms with Crippen LogP contribution in [-0.4, -0.2) is 32.6 Å². The summed E-state index contributed by atoms with van der Waals surface area (Å²) in [5.74, 6) is 0. The number of halogens is 1. The van der Waals surface area contributed by atoms with E-state index in [1.165, 1.54) is 0 Å². The molecule has 0 aliphatic carbocycles. The van der Waals surface area contributed by atoms with Crippen LogP contribution in [0.15, 0.2) is 16.9 Å². The summed E-state index contributed by atoms with van der Waals surface area (Å²) < 4.78 is 2.86. The van der Waals surface area contributed by atoms with Crippen LogP contribution in [-0.2, 0) is 6.54 Å². The van der Waals surface area contributed by atoms with Gasteiger partial charge in [0.1, 0.15) is 0 Å². The minimum Gasteiger partial charge on any atom is -0.392 e. The van der Waals surface area contributed by atoms with Crippen molar-refractivity contribution in [3.8, 4) is 0 Å². The molecule has 0 spiro atoms. The second-order valence-electron chi connectivity index (χ2n) is 4.82. The number of aliphatic hydroxyl groups excluding tert-OH is 1. The van der Waals surface area contributed by atoms with Gasteiger partial charge in [-0.3, -0.25) is 4.68 Å². The molecule has 0 aromatic carbocycles. The number of aliphatic hydroxyl groups is 1. The Bertz CT molecular complexity index is 336. The van der Waals surface area contributed by atoms with Crippen molar-refractivity contribution in [1.29, 1.82) is 0 Å². The number of hydrogen-bond acceptors (Lipinski definition) is 3. The van der Waals surface area contributed by atoms with Crippen molar-refractivity contribution in [1.82, 2.24) is 15.1 Å². The van der Waals surface area contributed by atoms with Gasteiger partial charge in [-0.15, -0.1) is 0 Å². The fraction of sp³-hybridized carbons (Fsp3) is 0.727. The average molecular weight is 290 g/mol. The normalized spacial score (nSPS) is 16.1. The van der Waals surface area contributed by atoms with Crippen LogP contribution in [0.3, 0.4) is 0 Å². The topological polar surface area (TPSA) is 50.1 Å². The van der Waals surface area contributed by atoms with Gasteiger partial charge in [0, 0.05) is 17.8 Å². The molecule has 16 heavy (non-hydrogen) atoms. The van der Waals surface area contributed by atoms with E-state index >= 15 is 0 Å². The summed E-state index contributed by atoms with van der Waals surface area (Å²) >= 11 is 3.36. The Balaban J connectivity index is 2.50. The van der Waals surface area contributed by atoms with E-state index in [1.807, 2.05) is 24.7 Å². The Hall–Kier alpha value is -0.390. The molecule has 1 rings (SSSR count). The monoisotopic (exact) mass is 289 g/mol. The van der Waals surface area contributed by atoms with Gasteiger partial charge in [-0.1, -0.05) is 0 Å². The van der Waals surface area contributed by atoms with E-state index in [0.29, 0.717) is 0 Å². The Morgan fingerprint density at radius 1 is 1.56 bits per heavy atom. The van der Waals surface area contributed by atoms with Crippen LogP contribution < -0.4 is 5.32 Å². The van der Waals surface area contributed by atoms with Crippen LogP contribution in [0.4, 0.5) is 0 Å². The first-order valence-electron chi connectivity index (χ1n) is 5.45. The van der Waals surface area contributed by atoms with E-state index in [4.69, 9.17) is 0 Å². The van der Waals surface area contributed by atoms with Gasteiger partial charge >= 0.3 is 0 Å². The highest BCUT2D eigenvalue weighted by Gasteiger charge is 2.25. The fourth-order valence-corrected chi connectivity index (χ4v) is 1.85. The standard InChI is InChI=1S/C11H20BrN3O/c1-8(14-11(3,4)9(2)16)6-15-7-10(12)5-13-15/h5,7-9,14,16H,6H2,1-4H3.